The average Bonchev–Trinajstić information content (AvgIpc) is 2.77. The number of aromatic hydroxyl groups is 1. The van der Waals surface area contributed by atoms with Crippen molar-refractivity contribution in [3.8, 4) is 11.5 Å². The Hall–Kier alpha value is -2.23. The Morgan fingerprint density at radius 2 is 1.45 bits per heavy atom. The third kappa shape index (κ3) is 8.08. The summed E-state index contributed by atoms with van der Waals surface area (Å²) in [5, 5.41) is 11.9. The molecule has 4 nitrogen and oxygen atoms in total. The lowest BCUT2D eigenvalue weighted by molar-refractivity contribution is 0.0997. The number of ether oxygens (including phenoxy) is 1. The molecule has 0 fully saturated rings. The van der Waals surface area contributed by atoms with E-state index in [-0.39, 0.29) is 11.3 Å². The molecular weight excluding hydrogens is 386 g/mol. The molecule has 0 saturated carbocycles. The van der Waals surface area contributed by atoms with Crippen LogP contribution in [0.5, 0.6) is 11.5 Å². The third-order valence-electron chi connectivity index (χ3n) is 6.15. The molecule has 1 atom stereocenters. The predicted molar refractivity (Wildman–Crippen MR) is 130 cm³/mol. The van der Waals surface area contributed by atoms with Crippen molar-refractivity contribution >= 4 is 16.7 Å². The first kappa shape index (κ1) is 25.0. The van der Waals surface area contributed by atoms with Gasteiger partial charge in [-0.1, -0.05) is 102 Å². The number of hydrogen-bond donors (Lipinski definition) is 2. The molecule has 2 aromatic carbocycles. The SMILES string of the molecule is CCCCCCCCC(CCCCCC)COc1cc(C(N)=O)c(O)c2ccccc12. The van der Waals surface area contributed by atoms with E-state index in [1.54, 1.807) is 12.1 Å². The third-order valence-corrected chi connectivity index (χ3v) is 6.15. The lowest BCUT2D eigenvalue weighted by Gasteiger charge is -2.19. The van der Waals surface area contributed by atoms with Crippen LogP contribution in [-0.2, 0) is 0 Å². The Balaban J connectivity index is 2.05. The van der Waals surface area contributed by atoms with Crippen LogP contribution in [0.1, 0.15) is 101 Å². The van der Waals surface area contributed by atoms with Crippen molar-refractivity contribution in [3.63, 3.8) is 0 Å². The number of carbonyl (C=O) groups is 1. The Kier molecular flexibility index (Phi) is 11.3. The van der Waals surface area contributed by atoms with Gasteiger partial charge < -0.3 is 15.6 Å². The van der Waals surface area contributed by atoms with Crippen LogP contribution in [-0.4, -0.2) is 17.6 Å². The molecule has 2 aromatic rings. The molecule has 3 N–H and O–H groups in total. The van der Waals surface area contributed by atoms with Crippen LogP contribution >= 0.6 is 0 Å². The molecule has 0 aliphatic heterocycles. The van der Waals surface area contributed by atoms with Gasteiger partial charge in [-0.2, -0.15) is 0 Å². The fourth-order valence-corrected chi connectivity index (χ4v) is 4.23. The van der Waals surface area contributed by atoms with E-state index in [1.165, 1.54) is 77.0 Å². The van der Waals surface area contributed by atoms with Crippen molar-refractivity contribution in [2.24, 2.45) is 11.7 Å². The van der Waals surface area contributed by atoms with Crippen LogP contribution in [0.4, 0.5) is 0 Å². The molecule has 0 saturated heterocycles. The molecule has 0 heterocycles. The van der Waals surface area contributed by atoms with Crippen molar-refractivity contribution in [2.75, 3.05) is 6.61 Å². The highest BCUT2D eigenvalue weighted by molar-refractivity contribution is 6.05. The quantitative estimate of drug-likeness (QED) is 0.275. The lowest BCUT2D eigenvalue weighted by atomic mass is 9.95. The standard InChI is InChI=1S/C27H41NO3/c1-3-5-7-9-10-12-16-21(15-11-8-6-4-2)20-31-25-19-24(27(28)30)26(29)23-18-14-13-17-22(23)25/h13-14,17-19,21,29H,3-12,15-16,20H2,1-2H3,(H2,28,30). The van der Waals surface area contributed by atoms with Gasteiger partial charge in [-0.3, -0.25) is 4.79 Å². The predicted octanol–water partition coefficient (Wildman–Crippen LogP) is 7.36. The summed E-state index contributed by atoms with van der Waals surface area (Å²) in [5.41, 5.74) is 5.60. The van der Waals surface area contributed by atoms with Gasteiger partial charge >= 0.3 is 0 Å². The van der Waals surface area contributed by atoms with Crippen molar-refractivity contribution in [2.45, 2.75) is 90.9 Å². The van der Waals surface area contributed by atoms with Crippen LogP contribution < -0.4 is 10.5 Å². The average molecular weight is 428 g/mol. The second-order valence-electron chi connectivity index (χ2n) is 8.76. The highest BCUT2D eigenvalue weighted by atomic mass is 16.5. The molecule has 0 radical (unpaired) electrons. The second-order valence-corrected chi connectivity index (χ2v) is 8.76. The number of phenols is 1. The highest BCUT2D eigenvalue weighted by Gasteiger charge is 2.17. The molecule has 2 rings (SSSR count). The van der Waals surface area contributed by atoms with E-state index in [1.807, 2.05) is 18.2 Å². The van der Waals surface area contributed by atoms with E-state index in [0.29, 0.717) is 23.7 Å². The van der Waals surface area contributed by atoms with Crippen molar-refractivity contribution in [3.05, 3.63) is 35.9 Å². The van der Waals surface area contributed by atoms with E-state index in [2.05, 4.69) is 13.8 Å². The van der Waals surface area contributed by atoms with Gasteiger partial charge in [-0.25, -0.2) is 0 Å². The first-order valence-electron chi connectivity index (χ1n) is 12.3. The minimum atomic E-state index is -0.642. The fourth-order valence-electron chi connectivity index (χ4n) is 4.23. The summed E-state index contributed by atoms with van der Waals surface area (Å²) < 4.78 is 6.26. The Morgan fingerprint density at radius 3 is 2.06 bits per heavy atom. The molecule has 0 aliphatic carbocycles. The van der Waals surface area contributed by atoms with Gasteiger partial charge in [0.15, 0.2) is 0 Å². The van der Waals surface area contributed by atoms with Gasteiger partial charge in [-0.05, 0) is 24.8 Å². The molecule has 0 bridgehead atoms. The summed E-state index contributed by atoms with van der Waals surface area (Å²) in [4.78, 5) is 11.8. The number of nitrogens with two attached hydrogens (primary N) is 1. The largest absolute Gasteiger partial charge is 0.506 e. The maximum atomic E-state index is 11.8. The molecule has 0 aromatic heterocycles. The topological polar surface area (TPSA) is 72.5 Å². The van der Waals surface area contributed by atoms with Gasteiger partial charge in [0.25, 0.3) is 5.91 Å². The van der Waals surface area contributed by atoms with E-state index < -0.39 is 5.91 Å². The Bertz CT molecular complexity index is 802. The minimum Gasteiger partial charge on any atom is -0.506 e. The van der Waals surface area contributed by atoms with E-state index in [4.69, 9.17) is 10.5 Å². The minimum absolute atomic E-state index is 0.0707. The number of amides is 1. The fraction of sp³-hybridized carbons (Fsp3) is 0.593. The molecule has 0 spiro atoms. The lowest BCUT2D eigenvalue weighted by Crippen LogP contribution is -2.14. The van der Waals surface area contributed by atoms with E-state index >= 15 is 0 Å². The summed E-state index contributed by atoms with van der Waals surface area (Å²) in [5.74, 6) is 0.422. The van der Waals surface area contributed by atoms with Crippen molar-refractivity contribution < 1.29 is 14.6 Å². The van der Waals surface area contributed by atoms with Gasteiger partial charge in [0.1, 0.15) is 11.5 Å². The second kappa shape index (κ2) is 14.0. The Labute approximate surface area is 188 Å². The maximum Gasteiger partial charge on any atom is 0.252 e. The number of benzene rings is 2. The van der Waals surface area contributed by atoms with E-state index in [9.17, 15) is 9.90 Å². The number of rotatable bonds is 16. The molecule has 1 amide bonds. The maximum absolute atomic E-state index is 11.8. The monoisotopic (exact) mass is 427 g/mol. The summed E-state index contributed by atoms with van der Waals surface area (Å²) in [6.07, 6.45) is 15.2. The molecule has 172 valence electrons. The van der Waals surface area contributed by atoms with Crippen LogP contribution in [0.3, 0.4) is 0 Å². The zero-order valence-corrected chi connectivity index (χ0v) is 19.5. The van der Waals surface area contributed by atoms with Crippen molar-refractivity contribution in [1.29, 1.82) is 0 Å². The van der Waals surface area contributed by atoms with Gasteiger partial charge in [0.2, 0.25) is 0 Å². The molecular formula is C27H41NO3. The molecule has 0 aliphatic rings. The van der Waals surface area contributed by atoms with Crippen LogP contribution in [0.2, 0.25) is 0 Å². The van der Waals surface area contributed by atoms with Crippen LogP contribution in [0.15, 0.2) is 30.3 Å². The number of primary amides is 1. The van der Waals surface area contributed by atoms with Gasteiger partial charge in [-0.15, -0.1) is 0 Å². The van der Waals surface area contributed by atoms with Gasteiger partial charge in [0, 0.05) is 10.8 Å². The molecule has 31 heavy (non-hydrogen) atoms. The zero-order valence-electron chi connectivity index (χ0n) is 19.5. The number of carbonyl (C=O) groups excluding carboxylic acids is 1. The highest BCUT2D eigenvalue weighted by Crippen LogP contribution is 2.36. The van der Waals surface area contributed by atoms with E-state index in [0.717, 1.165) is 5.39 Å². The van der Waals surface area contributed by atoms with Gasteiger partial charge in [0.05, 0.1) is 12.2 Å². The number of hydrogen-bond acceptors (Lipinski definition) is 3. The Morgan fingerprint density at radius 1 is 0.903 bits per heavy atom. The van der Waals surface area contributed by atoms with Crippen molar-refractivity contribution in [1.82, 2.24) is 0 Å². The van der Waals surface area contributed by atoms with Crippen LogP contribution in [0.25, 0.3) is 10.8 Å². The number of fused-ring (bicyclic) bond motifs is 1. The first-order chi connectivity index (χ1) is 15.1. The normalized spacial score (nSPS) is 12.2. The van der Waals surface area contributed by atoms with Crippen LogP contribution in [0, 0.1) is 5.92 Å². The summed E-state index contributed by atoms with van der Waals surface area (Å²) in [6.45, 7) is 5.12. The summed E-state index contributed by atoms with van der Waals surface area (Å²) >= 11 is 0. The number of unbranched alkanes of at least 4 members (excludes halogenated alkanes) is 8. The zero-order chi connectivity index (χ0) is 22.5. The first-order valence-corrected chi connectivity index (χ1v) is 12.3. The summed E-state index contributed by atoms with van der Waals surface area (Å²) in [7, 11) is 0. The summed E-state index contributed by atoms with van der Waals surface area (Å²) in [6, 6.07) is 9.06. The molecule has 4 heteroatoms. The molecule has 1 unspecified atom stereocenters. The smallest absolute Gasteiger partial charge is 0.252 e.